The first-order chi connectivity index (χ1) is 7.70. The highest BCUT2D eigenvalue weighted by Crippen LogP contribution is 2.31. The molecule has 0 heterocycles. The van der Waals surface area contributed by atoms with Crippen molar-refractivity contribution in [3.05, 3.63) is 28.2 Å². The maximum absolute atomic E-state index is 8.99. The largest absolute Gasteiger partial charge is 0.382 e. The molecule has 3 N–H and O–H groups in total. The molecular weight excluding hydrogens is 266 g/mol. The van der Waals surface area contributed by atoms with E-state index in [2.05, 4.69) is 27.3 Å². The zero-order chi connectivity index (χ0) is 11.5. The first-order valence-corrected chi connectivity index (χ1v) is 6.19. The van der Waals surface area contributed by atoms with E-state index < -0.39 is 0 Å². The van der Waals surface area contributed by atoms with E-state index >= 15 is 0 Å². The summed E-state index contributed by atoms with van der Waals surface area (Å²) in [5.41, 5.74) is 7.51. The van der Waals surface area contributed by atoms with Gasteiger partial charge in [0.15, 0.2) is 0 Å². The molecule has 0 aromatic heterocycles. The molecule has 1 aromatic rings. The molecule has 1 atom stereocenters. The normalized spacial score (nSPS) is 16.6. The monoisotopic (exact) mass is 279 g/mol. The molecule has 1 aliphatic rings. The van der Waals surface area contributed by atoms with E-state index in [0.717, 1.165) is 16.7 Å². The second-order valence-corrected chi connectivity index (χ2v) is 5.10. The fraction of sp³-hybridized carbons (Fsp3) is 0.417. The van der Waals surface area contributed by atoms with E-state index in [-0.39, 0.29) is 6.04 Å². The molecule has 84 valence electrons. The molecule has 0 bridgehead atoms. The van der Waals surface area contributed by atoms with Crippen LogP contribution in [0.4, 0.5) is 5.69 Å². The Morgan fingerprint density at radius 1 is 1.56 bits per heavy atom. The second-order valence-electron chi connectivity index (χ2n) is 4.18. The first-order valence-electron chi connectivity index (χ1n) is 5.40. The van der Waals surface area contributed by atoms with Crippen LogP contribution in [0.25, 0.3) is 0 Å². The van der Waals surface area contributed by atoms with E-state index in [0.29, 0.717) is 11.5 Å². The van der Waals surface area contributed by atoms with Crippen molar-refractivity contribution in [3.8, 4) is 6.07 Å². The van der Waals surface area contributed by atoms with Gasteiger partial charge in [-0.2, -0.15) is 5.26 Å². The lowest BCUT2D eigenvalue weighted by Gasteiger charge is -2.13. The number of nitriles is 1. The summed E-state index contributed by atoms with van der Waals surface area (Å²) < 4.78 is 0.918. The lowest BCUT2D eigenvalue weighted by atomic mass is 10.1. The summed E-state index contributed by atoms with van der Waals surface area (Å²) in [5, 5.41) is 12.2. The van der Waals surface area contributed by atoms with Gasteiger partial charge in [0.1, 0.15) is 6.07 Å². The topological polar surface area (TPSA) is 61.8 Å². The van der Waals surface area contributed by atoms with Crippen molar-refractivity contribution in [1.82, 2.24) is 0 Å². The summed E-state index contributed by atoms with van der Waals surface area (Å²) in [6.45, 7) is 0.737. The third-order valence-corrected chi connectivity index (χ3v) is 3.35. The SMILES string of the molecule is N#Cc1cc(Br)ccc1NCC(N)C1CC1. The van der Waals surface area contributed by atoms with E-state index in [1.54, 1.807) is 0 Å². The predicted octanol–water partition coefficient (Wildman–Crippen LogP) is 2.47. The summed E-state index contributed by atoms with van der Waals surface area (Å²) in [6.07, 6.45) is 2.49. The van der Waals surface area contributed by atoms with Gasteiger partial charge in [-0.15, -0.1) is 0 Å². The molecule has 1 unspecified atom stereocenters. The molecule has 16 heavy (non-hydrogen) atoms. The Bertz CT molecular complexity index is 421. The lowest BCUT2D eigenvalue weighted by Crippen LogP contribution is -2.31. The highest BCUT2D eigenvalue weighted by atomic mass is 79.9. The molecule has 1 aliphatic carbocycles. The van der Waals surface area contributed by atoms with Gasteiger partial charge in [0.2, 0.25) is 0 Å². The fourth-order valence-electron chi connectivity index (χ4n) is 1.68. The predicted molar refractivity (Wildman–Crippen MR) is 68.0 cm³/mol. The molecule has 3 nitrogen and oxygen atoms in total. The molecular formula is C12H14BrN3. The summed E-state index contributed by atoms with van der Waals surface area (Å²) in [7, 11) is 0. The van der Waals surface area contributed by atoms with Gasteiger partial charge in [-0.3, -0.25) is 0 Å². The van der Waals surface area contributed by atoms with Crippen LogP contribution >= 0.6 is 15.9 Å². The smallest absolute Gasteiger partial charge is 0.101 e. The fourth-order valence-corrected chi connectivity index (χ4v) is 2.04. The van der Waals surface area contributed by atoms with Gasteiger partial charge in [0, 0.05) is 17.1 Å². The zero-order valence-corrected chi connectivity index (χ0v) is 10.5. The van der Waals surface area contributed by atoms with Gasteiger partial charge in [0.25, 0.3) is 0 Å². The number of nitrogens with one attached hydrogen (secondary N) is 1. The molecule has 1 saturated carbocycles. The van der Waals surface area contributed by atoms with Crippen molar-refractivity contribution in [1.29, 1.82) is 5.26 Å². The maximum atomic E-state index is 8.99. The number of halogens is 1. The highest BCUT2D eigenvalue weighted by Gasteiger charge is 2.28. The van der Waals surface area contributed by atoms with Gasteiger partial charge in [-0.1, -0.05) is 15.9 Å². The van der Waals surface area contributed by atoms with Gasteiger partial charge in [-0.05, 0) is 37.0 Å². The molecule has 0 spiro atoms. The van der Waals surface area contributed by atoms with Gasteiger partial charge >= 0.3 is 0 Å². The Morgan fingerprint density at radius 3 is 2.94 bits per heavy atom. The minimum atomic E-state index is 0.204. The van der Waals surface area contributed by atoms with Crippen LogP contribution in [-0.4, -0.2) is 12.6 Å². The Balaban J connectivity index is 2.00. The number of nitrogens with two attached hydrogens (primary N) is 1. The minimum Gasteiger partial charge on any atom is -0.382 e. The number of hydrogen-bond donors (Lipinski definition) is 2. The van der Waals surface area contributed by atoms with Crippen molar-refractivity contribution in [2.24, 2.45) is 11.7 Å². The van der Waals surface area contributed by atoms with Crippen LogP contribution in [0.15, 0.2) is 22.7 Å². The minimum absolute atomic E-state index is 0.204. The quantitative estimate of drug-likeness (QED) is 0.890. The Labute approximate surface area is 104 Å². The molecule has 0 radical (unpaired) electrons. The molecule has 0 aliphatic heterocycles. The average molecular weight is 280 g/mol. The van der Waals surface area contributed by atoms with Gasteiger partial charge < -0.3 is 11.1 Å². The molecule has 1 aromatic carbocycles. The third kappa shape index (κ3) is 2.75. The number of nitrogens with zero attached hydrogens (tertiary/aromatic N) is 1. The Kier molecular flexibility index (Phi) is 3.47. The van der Waals surface area contributed by atoms with Gasteiger partial charge in [-0.25, -0.2) is 0 Å². The number of hydrogen-bond acceptors (Lipinski definition) is 3. The third-order valence-electron chi connectivity index (χ3n) is 2.86. The number of anilines is 1. The maximum Gasteiger partial charge on any atom is 0.101 e. The molecule has 4 heteroatoms. The molecule has 0 amide bonds. The summed E-state index contributed by atoms with van der Waals surface area (Å²) >= 11 is 3.35. The summed E-state index contributed by atoms with van der Waals surface area (Å²) in [5.74, 6) is 0.675. The summed E-state index contributed by atoms with van der Waals surface area (Å²) in [6, 6.07) is 8.01. The van der Waals surface area contributed by atoms with Crippen LogP contribution < -0.4 is 11.1 Å². The van der Waals surface area contributed by atoms with Crippen LogP contribution in [0.2, 0.25) is 0 Å². The number of rotatable bonds is 4. The second kappa shape index (κ2) is 4.86. The van der Waals surface area contributed by atoms with E-state index in [9.17, 15) is 0 Å². The van der Waals surface area contributed by atoms with E-state index in [1.165, 1.54) is 12.8 Å². The van der Waals surface area contributed by atoms with Crippen molar-refractivity contribution in [3.63, 3.8) is 0 Å². The highest BCUT2D eigenvalue weighted by molar-refractivity contribution is 9.10. The summed E-state index contributed by atoms with van der Waals surface area (Å²) in [4.78, 5) is 0. The standard InChI is InChI=1S/C12H14BrN3/c13-10-3-4-12(9(5-10)6-14)16-7-11(15)8-1-2-8/h3-5,8,11,16H,1-2,7,15H2. The van der Waals surface area contributed by atoms with Gasteiger partial charge in [0.05, 0.1) is 11.3 Å². The number of benzene rings is 1. The first kappa shape index (κ1) is 11.4. The van der Waals surface area contributed by atoms with Crippen LogP contribution in [0.1, 0.15) is 18.4 Å². The van der Waals surface area contributed by atoms with Crippen molar-refractivity contribution >= 4 is 21.6 Å². The molecule has 0 saturated heterocycles. The molecule has 2 rings (SSSR count). The van der Waals surface area contributed by atoms with E-state index in [4.69, 9.17) is 11.0 Å². The van der Waals surface area contributed by atoms with Crippen LogP contribution in [0, 0.1) is 17.2 Å². The zero-order valence-electron chi connectivity index (χ0n) is 8.91. The van der Waals surface area contributed by atoms with Crippen LogP contribution in [0.5, 0.6) is 0 Å². The van der Waals surface area contributed by atoms with Crippen molar-refractivity contribution in [2.75, 3.05) is 11.9 Å². The Morgan fingerprint density at radius 2 is 2.31 bits per heavy atom. The average Bonchev–Trinajstić information content (AvgIpc) is 3.10. The Hall–Kier alpha value is -1.05. The van der Waals surface area contributed by atoms with E-state index in [1.807, 2.05) is 18.2 Å². The molecule has 1 fully saturated rings. The lowest BCUT2D eigenvalue weighted by molar-refractivity contribution is 0.621. The van der Waals surface area contributed by atoms with Crippen LogP contribution in [0.3, 0.4) is 0 Å². The van der Waals surface area contributed by atoms with Crippen molar-refractivity contribution in [2.45, 2.75) is 18.9 Å². The van der Waals surface area contributed by atoms with Crippen molar-refractivity contribution < 1.29 is 0 Å². The van der Waals surface area contributed by atoms with Crippen LogP contribution in [-0.2, 0) is 0 Å².